The molecule has 2 fully saturated rings. The van der Waals surface area contributed by atoms with Crippen LogP contribution in [0.5, 0.6) is 0 Å². The van der Waals surface area contributed by atoms with Crippen molar-refractivity contribution in [3.8, 4) is 0 Å². The van der Waals surface area contributed by atoms with Crippen LogP contribution >= 0.6 is 0 Å². The summed E-state index contributed by atoms with van der Waals surface area (Å²) in [5.41, 5.74) is 0. The van der Waals surface area contributed by atoms with E-state index in [9.17, 15) is 15.0 Å². The van der Waals surface area contributed by atoms with Crippen LogP contribution in [0.1, 0.15) is 12.8 Å². The smallest absolute Gasteiger partial charge is 0.321 e. The molecule has 16 heavy (non-hydrogen) atoms. The zero-order valence-electron chi connectivity index (χ0n) is 8.74. The first-order valence-electron chi connectivity index (χ1n) is 5.31. The highest BCUT2D eigenvalue weighted by Gasteiger charge is 2.40. The Labute approximate surface area is 92.6 Å². The summed E-state index contributed by atoms with van der Waals surface area (Å²) in [4.78, 5) is 12.9. The Morgan fingerprint density at radius 3 is 2.81 bits per heavy atom. The lowest BCUT2D eigenvalue weighted by atomic mass is 10.2. The number of hydrogen-bond donors (Lipinski definition) is 4. The normalized spacial score (nSPS) is 39.9. The standard InChI is InChI=1S/C9H16N2O5/c12-4-6-5(13)3-8(16-6)11-2-1-7(14)10-9(11)15/h5-8,12-14H,1-4H2,(H,10,15)/t5-,6+,7+,8?/m0/s1. The maximum absolute atomic E-state index is 11.5. The molecule has 4 N–H and O–H groups in total. The van der Waals surface area contributed by atoms with Gasteiger partial charge in [-0.2, -0.15) is 0 Å². The maximum atomic E-state index is 11.5. The van der Waals surface area contributed by atoms with E-state index in [1.165, 1.54) is 4.90 Å². The molecule has 2 aliphatic heterocycles. The molecule has 2 rings (SSSR count). The molecule has 2 heterocycles. The number of ether oxygens (including phenoxy) is 1. The Balaban J connectivity index is 1.96. The van der Waals surface area contributed by atoms with Gasteiger partial charge >= 0.3 is 6.03 Å². The van der Waals surface area contributed by atoms with Crippen molar-refractivity contribution in [1.82, 2.24) is 10.2 Å². The molecule has 2 saturated heterocycles. The monoisotopic (exact) mass is 232 g/mol. The molecule has 7 nitrogen and oxygen atoms in total. The number of carbonyl (C=O) groups excluding carboxylic acids is 1. The summed E-state index contributed by atoms with van der Waals surface area (Å²) >= 11 is 0. The van der Waals surface area contributed by atoms with Crippen molar-refractivity contribution in [2.24, 2.45) is 0 Å². The number of aliphatic hydroxyl groups is 3. The van der Waals surface area contributed by atoms with Crippen LogP contribution in [0.3, 0.4) is 0 Å². The number of urea groups is 1. The Kier molecular flexibility index (Phi) is 3.29. The molecule has 1 unspecified atom stereocenters. The zero-order valence-corrected chi connectivity index (χ0v) is 8.74. The number of hydrogen-bond acceptors (Lipinski definition) is 5. The molecule has 2 aliphatic rings. The molecule has 4 atom stereocenters. The van der Waals surface area contributed by atoms with Gasteiger partial charge < -0.3 is 25.4 Å². The highest BCUT2D eigenvalue weighted by atomic mass is 16.5. The van der Waals surface area contributed by atoms with Crippen molar-refractivity contribution in [1.29, 1.82) is 0 Å². The molecule has 2 amide bonds. The van der Waals surface area contributed by atoms with Crippen molar-refractivity contribution in [2.45, 2.75) is 37.5 Å². The van der Waals surface area contributed by atoms with Gasteiger partial charge in [0.15, 0.2) is 0 Å². The van der Waals surface area contributed by atoms with Crippen LogP contribution in [0.4, 0.5) is 4.79 Å². The predicted molar refractivity (Wildman–Crippen MR) is 52.2 cm³/mol. The summed E-state index contributed by atoms with van der Waals surface area (Å²) in [6.45, 7) is 0.109. The van der Waals surface area contributed by atoms with Crippen LogP contribution in [-0.2, 0) is 4.74 Å². The van der Waals surface area contributed by atoms with Crippen LogP contribution in [0.2, 0.25) is 0 Å². The SMILES string of the molecule is O=C1N[C@H](O)CCN1C1C[C@H](O)[C@@H](CO)O1. The van der Waals surface area contributed by atoms with E-state index in [1.54, 1.807) is 0 Å². The summed E-state index contributed by atoms with van der Waals surface area (Å²) in [5, 5.41) is 30.0. The van der Waals surface area contributed by atoms with Crippen LogP contribution in [0, 0.1) is 0 Å². The summed E-state index contributed by atoms with van der Waals surface area (Å²) in [5.74, 6) is 0. The molecule has 0 aromatic heterocycles. The fourth-order valence-electron chi connectivity index (χ4n) is 2.01. The molecule has 0 radical (unpaired) electrons. The largest absolute Gasteiger partial charge is 0.394 e. The number of carbonyl (C=O) groups is 1. The van der Waals surface area contributed by atoms with Gasteiger partial charge in [0, 0.05) is 19.4 Å². The van der Waals surface area contributed by atoms with E-state index in [4.69, 9.17) is 9.84 Å². The quantitative estimate of drug-likeness (QED) is 0.449. The van der Waals surface area contributed by atoms with Crippen molar-refractivity contribution >= 4 is 6.03 Å². The number of nitrogens with zero attached hydrogens (tertiary/aromatic N) is 1. The molecule has 7 heteroatoms. The van der Waals surface area contributed by atoms with Gasteiger partial charge in [-0.15, -0.1) is 0 Å². The minimum absolute atomic E-state index is 0.268. The first-order chi connectivity index (χ1) is 7.61. The molecular formula is C9H16N2O5. The van der Waals surface area contributed by atoms with E-state index in [2.05, 4.69) is 5.32 Å². The molecule has 0 bridgehead atoms. The summed E-state index contributed by atoms with van der Waals surface area (Å²) in [7, 11) is 0. The summed E-state index contributed by atoms with van der Waals surface area (Å²) < 4.78 is 5.35. The third kappa shape index (κ3) is 2.12. The number of rotatable bonds is 2. The Morgan fingerprint density at radius 1 is 1.50 bits per heavy atom. The minimum Gasteiger partial charge on any atom is -0.394 e. The number of amides is 2. The lowest BCUT2D eigenvalue weighted by Gasteiger charge is -2.34. The van der Waals surface area contributed by atoms with Gasteiger partial charge in [-0.05, 0) is 0 Å². The lowest BCUT2D eigenvalue weighted by molar-refractivity contribution is -0.0730. The first kappa shape index (κ1) is 11.6. The molecular weight excluding hydrogens is 216 g/mol. The van der Waals surface area contributed by atoms with E-state index in [0.29, 0.717) is 13.0 Å². The second kappa shape index (κ2) is 4.54. The van der Waals surface area contributed by atoms with Crippen molar-refractivity contribution < 1.29 is 24.9 Å². The Bertz CT molecular complexity index is 275. The average molecular weight is 232 g/mol. The predicted octanol–water partition coefficient (Wildman–Crippen LogP) is -1.81. The number of aliphatic hydroxyl groups excluding tert-OH is 3. The summed E-state index contributed by atoms with van der Waals surface area (Å²) in [6.07, 6.45) is -2.03. The fraction of sp³-hybridized carbons (Fsp3) is 0.889. The van der Waals surface area contributed by atoms with E-state index in [1.807, 2.05) is 0 Å². The third-order valence-electron chi connectivity index (χ3n) is 2.93. The van der Waals surface area contributed by atoms with E-state index >= 15 is 0 Å². The Hall–Kier alpha value is -0.890. The second-order valence-electron chi connectivity index (χ2n) is 4.06. The lowest BCUT2D eigenvalue weighted by Crippen LogP contribution is -2.55. The van der Waals surface area contributed by atoms with Gasteiger partial charge in [0.05, 0.1) is 12.7 Å². The molecule has 0 saturated carbocycles. The van der Waals surface area contributed by atoms with Crippen molar-refractivity contribution in [3.63, 3.8) is 0 Å². The average Bonchev–Trinajstić information content (AvgIpc) is 2.59. The Morgan fingerprint density at radius 2 is 2.25 bits per heavy atom. The maximum Gasteiger partial charge on any atom is 0.321 e. The van der Waals surface area contributed by atoms with Gasteiger partial charge in [-0.25, -0.2) is 4.79 Å². The van der Waals surface area contributed by atoms with Gasteiger partial charge in [0.2, 0.25) is 0 Å². The van der Waals surface area contributed by atoms with Crippen molar-refractivity contribution in [2.75, 3.05) is 13.2 Å². The summed E-state index contributed by atoms with van der Waals surface area (Å²) in [6, 6.07) is -0.408. The van der Waals surface area contributed by atoms with Gasteiger partial charge in [0.25, 0.3) is 0 Å². The zero-order chi connectivity index (χ0) is 11.7. The molecule has 0 aliphatic carbocycles. The van der Waals surface area contributed by atoms with E-state index in [0.717, 1.165) is 0 Å². The van der Waals surface area contributed by atoms with Crippen LogP contribution in [-0.4, -0.2) is 64.1 Å². The van der Waals surface area contributed by atoms with E-state index in [-0.39, 0.29) is 13.0 Å². The van der Waals surface area contributed by atoms with Crippen LogP contribution in [0.25, 0.3) is 0 Å². The fourth-order valence-corrected chi connectivity index (χ4v) is 2.01. The molecule has 0 spiro atoms. The van der Waals surface area contributed by atoms with Gasteiger partial charge in [-0.1, -0.05) is 0 Å². The first-order valence-corrected chi connectivity index (χ1v) is 5.31. The second-order valence-corrected chi connectivity index (χ2v) is 4.06. The topological polar surface area (TPSA) is 102 Å². The van der Waals surface area contributed by atoms with Crippen molar-refractivity contribution in [3.05, 3.63) is 0 Å². The van der Waals surface area contributed by atoms with Crippen LogP contribution in [0.15, 0.2) is 0 Å². The minimum atomic E-state index is -0.816. The third-order valence-corrected chi connectivity index (χ3v) is 2.93. The molecule has 0 aromatic rings. The van der Waals surface area contributed by atoms with E-state index < -0.39 is 30.7 Å². The van der Waals surface area contributed by atoms with Gasteiger partial charge in [-0.3, -0.25) is 4.90 Å². The highest BCUT2D eigenvalue weighted by Crippen LogP contribution is 2.24. The molecule has 92 valence electrons. The highest BCUT2D eigenvalue weighted by molar-refractivity contribution is 5.75. The van der Waals surface area contributed by atoms with Crippen LogP contribution < -0.4 is 5.32 Å². The molecule has 0 aromatic carbocycles. The number of nitrogens with one attached hydrogen (secondary N) is 1. The van der Waals surface area contributed by atoms with Gasteiger partial charge in [0.1, 0.15) is 18.6 Å².